The van der Waals surface area contributed by atoms with Crippen LogP contribution in [0.25, 0.3) is 0 Å². The van der Waals surface area contributed by atoms with Gasteiger partial charge in [-0.15, -0.1) is 10.2 Å². The lowest BCUT2D eigenvalue weighted by Crippen LogP contribution is -2.27. The Labute approximate surface area is 192 Å². The fourth-order valence-electron chi connectivity index (χ4n) is 5.41. The van der Waals surface area contributed by atoms with Gasteiger partial charge in [0.25, 0.3) is 0 Å². The predicted molar refractivity (Wildman–Crippen MR) is 127 cm³/mol. The molecule has 2 aliphatic carbocycles. The number of aliphatic hydroxyl groups is 1. The molecule has 1 aromatic carbocycles. The summed E-state index contributed by atoms with van der Waals surface area (Å²) >= 11 is 0. The van der Waals surface area contributed by atoms with Gasteiger partial charge < -0.3 is 9.67 Å². The molecule has 0 radical (unpaired) electrons. The van der Waals surface area contributed by atoms with Gasteiger partial charge in [0.2, 0.25) is 0 Å². The fourth-order valence-corrected chi connectivity index (χ4v) is 5.41. The van der Waals surface area contributed by atoms with Gasteiger partial charge in [-0.2, -0.15) is 0 Å². The summed E-state index contributed by atoms with van der Waals surface area (Å²) in [6.45, 7) is 10.5. The van der Waals surface area contributed by atoms with Crippen LogP contribution in [0.2, 0.25) is 0 Å². The molecule has 2 atom stereocenters. The van der Waals surface area contributed by atoms with Gasteiger partial charge >= 0.3 is 0 Å². The van der Waals surface area contributed by atoms with E-state index in [-0.39, 0.29) is 11.7 Å². The van der Waals surface area contributed by atoms with Gasteiger partial charge in [-0.3, -0.25) is 4.79 Å². The minimum atomic E-state index is -0.636. The molecule has 5 heteroatoms. The van der Waals surface area contributed by atoms with Crippen LogP contribution >= 0.6 is 0 Å². The highest BCUT2D eigenvalue weighted by atomic mass is 16.3. The Kier molecular flexibility index (Phi) is 6.85. The number of Topliss-reactive ketones (excluding diaryl/α,β-unsaturated/α-hetero) is 1. The number of rotatable bonds is 10. The van der Waals surface area contributed by atoms with E-state index in [1.54, 1.807) is 6.92 Å². The summed E-state index contributed by atoms with van der Waals surface area (Å²) < 4.78 is 2.30. The van der Waals surface area contributed by atoms with Gasteiger partial charge in [-0.1, -0.05) is 37.6 Å². The first-order chi connectivity index (χ1) is 15.2. The van der Waals surface area contributed by atoms with Crippen LogP contribution in [-0.2, 0) is 11.2 Å². The summed E-state index contributed by atoms with van der Waals surface area (Å²) in [4.78, 5) is 13.0. The van der Waals surface area contributed by atoms with Gasteiger partial charge in [0, 0.05) is 24.8 Å². The molecule has 2 fully saturated rings. The first kappa shape index (κ1) is 23.2. The summed E-state index contributed by atoms with van der Waals surface area (Å²) in [5.41, 5.74) is 3.42. The Hall–Kier alpha value is -2.01. The third-order valence-corrected chi connectivity index (χ3v) is 7.31. The highest BCUT2D eigenvalue weighted by Gasteiger charge is 2.40. The second kappa shape index (κ2) is 9.46. The lowest BCUT2D eigenvalue weighted by molar-refractivity contribution is -0.119. The number of carbonyl (C=O) groups is 1. The van der Waals surface area contributed by atoms with Crippen LogP contribution in [0.4, 0.5) is 0 Å². The van der Waals surface area contributed by atoms with Crippen molar-refractivity contribution in [1.29, 1.82) is 0 Å². The van der Waals surface area contributed by atoms with E-state index in [0.717, 1.165) is 47.5 Å². The number of carbonyl (C=O) groups excluding carboxylic acids is 1. The molecule has 2 aliphatic rings. The maximum absolute atomic E-state index is 13.0. The minimum absolute atomic E-state index is 0.149. The second-order valence-electron chi connectivity index (χ2n) is 10.9. The van der Waals surface area contributed by atoms with E-state index >= 15 is 0 Å². The Morgan fingerprint density at radius 2 is 1.88 bits per heavy atom. The van der Waals surface area contributed by atoms with E-state index in [1.165, 1.54) is 24.8 Å². The molecule has 0 amide bonds. The molecule has 5 nitrogen and oxygen atoms in total. The van der Waals surface area contributed by atoms with Gasteiger partial charge in [0.15, 0.2) is 0 Å². The van der Waals surface area contributed by atoms with Gasteiger partial charge in [0.1, 0.15) is 17.4 Å². The van der Waals surface area contributed by atoms with Crippen LogP contribution in [0.3, 0.4) is 0 Å². The van der Waals surface area contributed by atoms with Crippen LogP contribution in [0.5, 0.6) is 0 Å². The molecule has 0 bridgehead atoms. The average Bonchev–Trinajstić information content (AvgIpc) is 3.43. The van der Waals surface area contributed by atoms with Gasteiger partial charge in [0.05, 0.1) is 12.0 Å². The molecule has 174 valence electrons. The van der Waals surface area contributed by atoms with Gasteiger partial charge in [-0.05, 0) is 75.8 Å². The number of benzene rings is 1. The highest BCUT2D eigenvalue weighted by molar-refractivity contribution is 5.82. The number of aliphatic hydroxyl groups excluding tert-OH is 1. The summed E-state index contributed by atoms with van der Waals surface area (Å²) in [5.74, 6) is 3.76. The van der Waals surface area contributed by atoms with Crippen LogP contribution in [0, 0.1) is 25.7 Å². The van der Waals surface area contributed by atoms with Crippen LogP contribution in [0.15, 0.2) is 18.2 Å². The van der Waals surface area contributed by atoms with E-state index in [4.69, 9.17) is 0 Å². The molecule has 1 N–H and O–H groups in total. The van der Waals surface area contributed by atoms with Crippen LogP contribution in [0.1, 0.15) is 106 Å². The second-order valence-corrected chi connectivity index (χ2v) is 10.9. The molecule has 0 saturated heterocycles. The van der Waals surface area contributed by atoms with E-state index in [9.17, 15) is 9.90 Å². The molecule has 2 aromatic rings. The number of ketones is 1. The number of aromatic nitrogens is 3. The maximum atomic E-state index is 13.0. The molecule has 2 unspecified atom stereocenters. The van der Waals surface area contributed by atoms with Crippen molar-refractivity contribution in [2.24, 2.45) is 11.8 Å². The molecular weight excluding hydrogens is 398 g/mol. The van der Waals surface area contributed by atoms with Crippen molar-refractivity contribution in [2.75, 3.05) is 0 Å². The van der Waals surface area contributed by atoms with E-state index in [1.807, 2.05) is 0 Å². The Balaban J connectivity index is 1.50. The maximum Gasteiger partial charge on any atom is 0.139 e. The predicted octanol–water partition coefficient (Wildman–Crippen LogP) is 5.44. The van der Waals surface area contributed by atoms with Gasteiger partial charge in [-0.25, -0.2) is 0 Å². The number of nitrogens with zero attached hydrogens (tertiary/aromatic N) is 3. The fraction of sp³-hybridized carbons (Fsp3) is 0.667. The SMILES string of the molecule is Cc1ccc(CC(=O)CC(c2nnc(C3CC(CC(C)C)C3)n2C2CC2)C(C)O)c(C)c1. The first-order valence-electron chi connectivity index (χ1n) is 12.4. The summed E-state index contributed by atoms with van der Waals surface area (Å²) in [6, 6.07) is 6.67. The highest BCUT2D eigenvalue weighted by Crippen LogP contribution is 2.48. The third-order valence-electron chi connectivity index (χ3n) is 7.31. The Morgan fingerprint density at radius 1 is 1.16 bits per heavy atom. The lowest BCUT2D eigenvalue weighted by atomic mass is 9.71. The average molecular weight is 438 g/mol. The minimum Gasteiger partial charge on any atom is -0.393 e. The quantitative estimate of drug-likeness (QED) is 0.538. The Morgan fingerprint density at radius 3 is 2.47 bits per heavy atom. The molecule has 1 heterocycles. The largest absolute Gasteiger partial charge is 0.393 e. The zero-order chi connectivity index (χ0) is 23.0. The van der Waals surface area contributed by atoms with Crippen molar-refractivity contribution in [3.63, 3.8) is 0 Å². The van der Waals surface area contributed by atoms with E-state index < -0.39 is 6.10 Å². The number of hydrogen-bond donors (Lipinski definition) is 1. The van der Waals surface area contributed by atoms with E-state index in [0.29, 0.717) is 24.8 Å². The monoisotopic (exact) mass is 437 g/mol. The molecule has 2 saturated carbocycles. The van der Waals surface area contributed by atoms with Crippen molar-refractivity contribution < 1.29 is 9.90 Å². The lowest BCUT2D eigenvalue weighted by Gasteiger charge is -2.36. The van der Waals surface area contributed by atoms with E-state index in [2.05, 4.69) is 60.7 Å². The van der Waals surface area contributed by atoms with Crippen molar-refractivity contribution >= 4 is 5.78 Å². The van der Waals surface area contributed by atoms with Crippen molar-refractivity contribution in [2.45, 2.75) is 104 Å². The smallest absolute Gasteiger partial charge is 0.139 e. The molecule has 4 rings (SSSR count). The molecular formula is C27H39N3O2. The number of hydrogen-bond acceptors (Lipinski definition) is 4. The summed E-state index contributed by atoms with van der Waals surface area (Å²) in [5, 5.41) is 19.8. The van der Waals surface area contributed by atoms with Crippen molar-refractivity contribution in [3.05, 3.63) is 46.5 Å². The van der Waals surface area contributed by atoms with Crippen molar-refractivity contribution in [3.8, 4) is 0 Å². The molecule has 0 aliphatic heterocycles. The zero-order valence-electron chi connectivity index (χ0n) is 20.3. The number of aryl methyl sites for hydroxylation is 2. The molecule has 32 heavy (non-hydrogen) atoms. The summed E-state index contributed by atoms with van der Waals surface area (Å²) in [6.07, 6.45) is 6.01. The topological polar surface area (TPSA) is 68.0 Å². The van der Waals surface area contributed by atoms with Crippen LogP contribution < -0.4 is 0 Å². The summed E-state index contributed by atoms with van der Waals surface area (Å²) in [7, 11) is 0. The normalized spacial score (nSPS) is 22.6. The molecule has 1 aromatic heterocycles. The zero-order valence-corrected chi connectivity index (χ0v) is 20.3. The molecule has 0 spiro atoms. The van der Waals surface area contributed by atoms with Crippen LogP contribution in [-0.4, -0.2) is 31.8 Å². The standard InChI is InChI=1S/C27H39N3O2/c1-16(2)10-20-12-22(13-20)26-28-29-27(30(26)23-8-9-23)25(19(5)31)15-24(32)14-21-7-6-17(3)11-18(21)4/h6-7,11,16,19-20,22-23,25,31H,8-10,12-15H2,1-5H3. The van der Waals surface area contributed by atoms with Crippen molar-refractivity contribution in [1.82, 2.24) is 14.8 Å². The first-order valence-corrected chi connectivity index (χ1v) is 12.4. The Bertz CT molecular complexity index is 952. The third kappa shape index (κ3) is 5.14.